The van der Waals surface area contributed by atoms with E-state index in [4.69, 9.17) is 4.74 Å². The second kappa shape index (κ2) is 9.96. The summed E-state index contributed by atoms with van der Waals surface area (Å²) in [6, 6.07) is 18.0. The second-order valence-corrected chi connectivity index (χ2v) is 7.33. The number of carbonyl (C=O) groups excluding carboxylic acids is 2. The van der Waals surface area contributed by atoms with E-state index in [1.165, 1.54) is 5.56 Å². The van der Waals surface area contributed by atoms with Crippen LogP contribution >= 0.6 is 0 Å². The van der Waals surface area contributed by atoms with Gasteiger partial charge in [0, 0.05) is 44.0 Å². The fourth-order valence-electron chi connectivity index (χ4n) is 3.52. The predicted molar refractivity (Wildman–Crippen MR) is 114 cm³/mol. The number of piperidine rings is 1. The lowest BCUT2D eigenvalue weighted by Crippen LogP contribution is -2.46. The van der Waals surface area contributed by atoms with Crippen molar-refractivity contribution in [2.45, 2.75) is 32.4 Å². The van der Waals surface area contributed by atoms with Crippen LogP contribution in [-0.4, -0.2) is 49.7 Å². The van der Waals surface area contributed by atoms with Crippen molar-refractivity contribution in [2.75, 3.05) is 31.6 Å². The van der Waals surface area contributed by atoms with Crippen molar-refractivity contribution in [1.82, 2.24) is 10.2 Å². The summed E-state index contributed by atoms with van der Waals surface area (Å²) in [4.78, 5) is 28.4. The van der Waals surface area contributed by atoms with Crippen molar-refractivity contribution in [3.05, 3.63) is 65.7 Å². The van der Waals surface area contributed by atoms with Crippen molar-refractivity contribution in [3.8, 4) is 0 Å². The molecule has 2 aromatic carbocycles. The van der Waals surface area contributed by atoms with Crippen molar-refractivity contribution in [3.63, 3.8) is 0 Å². The van der Waals surface area contributed by atoms with Gasteiger partial charge in [-0.3, -0.25) is 4.79 Å². The summed E-state index contributed by atoms with van der Waals surface area (Å²) in [6.07, 6.45) is 1.20. The van der Waals surface area contributed by atoms with Crippen LogP contribution in [0.2, 0.25) is 0 Å². The molecular formula is C23H29N3O3. The fraction of sp³-hybridized carbons (Fsp3) is 0.391. The average Bonchev–Trinajstić information content (AvgIpc) is 2.75. The van der Waals surface area contributed by atoms with Crippen molar-refractivity contribution in [1.29, 1.82) is 0 Å². The van der Waals surface area contributed by atoms with Crippen LogP contribution in [0.4, 0.5) is 10.5 Å². The number of ether oxygens (including phenoxy) is 1. The number of hydrogen-bond donors (Lipinski definition) is 1. The summed E-state index contributed by atoms with van der Waals surface area (Å²) in [6.45, 7) is 4.16. The highest BCUT2D eigenvalue weighted by molar-refractivity contribution is 5.95. The van der Waals surface area contributed by atoms with E-state index in [0.717, 1.165) is 25.1 Å². The van der Waals surface area contributed by atoms with Gasteiger partial charge in [0.25, 0.3) is 5.91 Å². The van der Waals surface area contributed by atoms with Gasteiger partial charge in [-0.2, -0.15) is 0 Å². The molecule has 6 nitrogen and oxygen atoms in total. The number of nitrogens with zero attached hydrogens (tertiary/aromatic N) is 2. The molecule has 0 saturated carbocycles. The normalized spacial score (nSPS) is 14.3. The minimum Gasteiger partial charge on any atom is -0.450 e. The van der Waals surface area contributed by atoms with Gasteiger partial charge in [-0.1, -0.05) is 36.4 Å². The molecule has 2 aromatic rings. The fourth-order valence-corrected chi connectivity index (χ4v) is 3.52. The molecule has 0 aromatic heterocycles. The zero-order chi connectivity index (χ0) is 20.6. The number of anilines is 1. The number of likely N-dealkylation sites (tertiary alicyclic amines) is 1. The standard InChI is InChI=1S/C23H29N3O3/c1-3-29-23(28)26-14-12-20(13-15-26)24-22(27)19-10-7-11-21(16-19)25(2)17-18-8-5-4-6-9-18/h4-11,16,20H,3,12-15,17H2,1-2H3,(H,24,27). The summed E-state index contributed by atoms with van der Waals surface area (Å²) in [5.41, 5.74) is 2.87. The molecule has 0 bridgehead atoms. The van der Waals surface area contributed by atoms with Crippen LogP contribution in [0.1, 0.15) is 35.7 Å². The Kier molecular flexibility index (Phi) is 7.11. The van der Waals surface area contributed by atoms with E-state index in [9.17, 15) is 9.59 Å². The zero-order valence-electron chi connectivity index (χ0n) is 17.1. The Morgan fingerprint density at radius 3 is 2.52 bits per heavy atom. The maximum Gasteiger partial charge on any atom is 0.409 e. The maximum absolute atomic E-state index is 12.7. The van der Waals surface area contributed by atoms with Crippen LogP contribution in [0.3, 0.4) is 0 Å². The van der Waals surface area contributed by atoms with E-state index in [1.54, 1.807) is 11.8 Å². The van der Waals surface area contributed by atoms with Gasteiger partial charge < -0.3 is 19.9 Å². The van der Waals surface area contributed by atoms with Gasteiger partial charge in [0.15, 0.2) is 0 Å². The van der Waals surface area contributed by atoms with Crippen LogP contribution < -0.4 is 10.2 Å². The molecular weight excluding hydrogens is 366 g/mol. The quantitative estimate of drug-likeness (QED) is 0.811. The molecule has 1 aliphatic heterocycles. The third-order valence-electron chi connectivity index (χ3n) is 5.17. The van der Waals surface area contributed by atoms with Gasteiger partial charge >= 0.3 is 6.09 Å². The Labute approximate surface area is 172 Å². The smallest absolute Gasteiger partial charge is 0.409 e. The summed E-state index contributed by atoms with van der Waals surface area (Å²) < 4.78 is 5.04. The van der Waals surface area contributed by atoms with E-state index in [-0.39, 0.29) is 18.0 Å². The Bertz CT molecular complexity index is 817. The molecule has 3 rings (SSSR count). The minimum absolute atomic E-state index is 0.0684. The van der Waals surface area contributed by atoms with Gasteiger partial charge in [-0.15, -0.1) is 0 Å². The number of hydrogen-bond acceptors (Lipinski definition) is 4. The van der Waals surface area contributed by atoms with Crippen LogP contribution in [0.25, 0.3) is 0 Å². The van der Waals surface area contributed by atoms with Gasteiger partial charge in [-0.25, -0.2) is 4.79 Å². The van der Waals surface area contributed by atoms with Crippen LogP contribution in [0.5, 0.6) is 0 Å². The highest BCUT2D eigenvalue weighted by atomic mass is 16.6. The first-order chi connectivity index (χ1) is 14.1. The molecule has 154 valence electrons. The number of carbonyl (C=O) groups is 2. The molecule has 0 spiro atoms. The van der Waals surface area contributed by atoms with E-state index in [2.05, 4.69) is 22.3 Å². The maximum atomic E-state index is 12.7. The van der Waals surface area contributed by atoms with Crippen molar-refractivity contribution in [2.24, 2.45) is 0 Å². The third-order valence-corrected chi connectivity index (χ3v) is 5.17. The number of nitrogens with one attached hydrogen (secondary N) is 1. The van der Waals surface area contributed by atoms with E-state index in [1.807, 2.05) is 49.5 Å². The molecule has 0 aliphatic carbocycles. The first kappa shape index (κ1) is 20.7. The number of amides is 2. The SMILES string of the molecule is CCOC(=O)N1CCC(NC(=O)c2cccc(N(C)Cc3ccccc3)c2)CC1. The molecule has 0 radical (unpaired) electrons. The molecule has 2 amide bonds. The monoisotopic (exact) mass is 395 g/mol. The predicted octanol–water partition coefficient (Wildman–Crippen LogP) is 3.67. The molecule has 1 aliphatic rings. The molecule has 1 saturated heterocycles. The number of rotatable bonds is 6. The molecule has 1 fully saturated rings. The summed E-state index contributed by atoms with van der Waals surface area (Å²) in [7, 11) is 2.02. The highest BCUT2D eigenvalue weighted by Gasteiger charge is 2.24. The Hall–Kier alpha value is -3.02. The van der Waals surface area contributed by atoms with Crippen molar-refractivity contribution >= 4 is 17.7 Å². The molecule has 1 heterocycles. The van der Waals surface area contributed by atoms with Crippen LogP contribution in [0.15, 0.2) is 54.6 Å². The second-order valence-electron chi connectivity index (χ2n) is 7.33. The van der Waals surface area contributed by atoms with E-state index in [0.29, 0.717) is 25.3 Å². The first-order valence-electron chi connectivity index (χ1n) is 10.1. The lowest BCUT2D eigenvalue weighted by molar-refractivity contribution is 0.0860. The summed E-state index contributed by atoms with van der Waals surface area (Å²) in [5, 5.41) is 3.11. The number of benzene rings is 2. The topological polar surface area (TPSA) is 61.9 Å². The van der Waals surface area contributed by atoms with Gasteiger partial charge in [0.1, 0.15) is 0 Å². The molecule has 0 atom stereocenters. The average molecular weight is 396 g/mol. The lowest BCUT2D eigenvalue weighted by Gasteiger charge is -2.31. The highest BCUT2D eigenvalue weighted by Crippen LogP contribution is 2.18. The largest absolute Gasteiger partial charge is 0.450 e. The minimum atomic E-state index is -0.272. The molecule has 0 unspecified atom stereocenters. The third kappa shape index (κ3) is 5.73. The van der Waals surface area contributed by atoms with Crippen molar-refractivity contribution < 1.29 is 14.3 Å². The first-order valence-corrected chi connectivity index (χ1v) is 10.1. The zero-order valence-corrected chi connectivity index (χ0v) is 17.1. The Morgan fingerprint density at radius 1 is 1.10 bits per heavy atom. The Morgan fingerprint density at radius 2 is 1.83 bits per heavy atom. The lowest BCUT2D eigenvalue weighted by atomic mass is 10.0. The van der Waals surface area contributed by atoms with Gasteiger partial charge in [0.2, 0.25) is 0 Å². The van der Waals surface area contributed by atoms with Gasteiger partial charge in [0.05, 0.1) is 6.61 Å². The van der Waals surface area contributed by atoms with E-state index >= 15 is 0 Å². The summed E-state index contributed by atoms with van der Waals surface area (Å²) in [5.74, 6) is -0.0745. The van der Waals surface area contributed by atoms with Crippen LogP contribution in [-0.2, 0) is 11.3 Å². The Balaban J connectivity index is 1.55. The van der Waals surface area contributed by atoms with E-state index < -0.39 is 0 Å². The summed E-state index contributed by atoms with van der Waals surface area (Å²) >= 11 is 0. The van der Waals surface area contributed by atoms with Crippen LogP contribution in [0, 0.1) is 0 Å². The molecule has 29 heavy (non-hydrogen) atoms. The molecule has 1 N–H and O–H groups in total. The molecule has 6 heteroatoms. The van der Waals surface area contributed by atoms with Gasteiger partial charge in [-0.05, 0) is 43.5 Å².